The predicted molar refractivity (Wildman–Crippen MR) is 82.5 cm³/mol. The van der Waals surface area contributed by atoms with Crippen molar-refractivity contribution in [2.24, 2.45) is 0 Å². The van der Waals surface area contributed by atoms with Crippen LogP contribution in [0.5, 0.6) is 5.75 Å². The van der Waals surface area contributed by atoms with Crippen LogP contribution >= 0.6 is 27.5 Å². The van der Waals surface area contributed by atoms with Crippen molar-refractivity contribution in [1.82, 2.24) is 5.32 Å². The molecule has 0 fully saturated rings. The Balaban J connectivity index is 2.00. The average molecular weight is 341 g/mol. The molecule has 0 saturated carbocycles. The fourth-order valence-electron chi connectivity index (χ4n) is 1.83. The van der Waals surface area contributed by atoms with Crippen molar-refractivity contribution < 1.29 is 5.11 Å². The van der Waals surface area contributed by atoms with E-state index in [-0.39, 0.29) is 11.8 Å². The van der Waals surface area contributed by atoms with Gasteiger partial charge in [-0.1, -0.05) is 29.8 Å². The smallest absolute Gasteiger partial charge is 0.129 e. The van der Waals surface area contributed by atoms with Crippen molar-refractivity contribution in [3.63, 3.8) is 0 Å². The highest BCUT2D eigenvalue weighted by Gasteiger charge is 2.06. The maximum absolute atomic E-state index is 9.45. The van der Waals surface area contributed by atoms with E-state index in [1.807, 2.05) is 30.3 Å². The largest absolute Gasteiger partial charge is 0.507 e. The van der Waals surface area contributed by atoms with Crippen LogP contribution in [0, 0.1) is 0 Å². The normalized spacial score (nSPS) is 12.4. The van der Waals surface area contributed by atoms with Crippen molar-refractivity contribution in [3.05, 3.63) is 63.1 Å². The summed E-state index contributed by atoms with van der Waals surface area (Å²) in [6.45, 7) is 2.83. The number of aromatic hydroxyl groups is 1. The van der Waals surface area contributed by atoms with Crippen LogP contribution in [0.2, 0.25) is 5.02 Å². The second-order valence-electron chi connectivity index (χ2n) is 4.44. The van der Waals surface area contributed by atoms with Crippen LogP contribution in [0.25, 0.3) is 0 Å². The summed E-state index contributed by atoms with van der Waals surface area (Å²) in [5.41, 5.74) is 2.27. The summed E-state index contributed by atoms with van der Waals surface area (Å²) in [5.74, 6) is 0.256. The Hall–Kier alpha value is -1.03. The molecular weight excluding hydrogens is 326 g/mol. The lowest BCUT2D eigenvalue weighted by molar-refractivity contribution is 0.471. The topological polar surface area (TPSA) is 32.3 Å². The predicted octanol–water partition coefficient (Wildman–Crippen LogP) is 4.66. The fraction of sp³-hybridized carbons (Fsp3) is 0.200. The van der Waals surface area contributed by atoms with Crippen LogP contribution in [-0.4, -0.2) is 5.11 Å². The molecular formula is C15H15BrClNO. The van der Waals surface area contributed by atoms with Crippen LogP contribution in [-0.2, 0) is 6.54 Å². The minimum Gasteiger partial charge on any atom is -0.507 e. The molecule has 2 aromatic rings. The highest BCUT2D eigenvalue weighted by molar-refractivity contribution is 9.10. The monoisotopic (exact) mass is 339 g/mol. The quantitative estimate of drug-likeness (QED) is 0.848. The summed E-state index contributed by atoms with van der Waals surface area (Å²) >= 11 is 9.29. The second kappa shape index (κ2) is 6.42. The number of nitrogens with one attached hydrogen (secondary N) is 1. The van der Waals surface area contributed by atoms with E-state index in [9.17, 15) is 5.11 Å². The number of hydrogen-bond donors (Lipinski definition) is 2. The number of phenolic OH excluding ortho intramolecular Hbond substituents is 1. The van der Waals surface area contributed by atoms with Crippen molar-refractivity contribution in [2.45, 2.75) is 19.5 Å². The van der Waals surface area contributed by atoms with Crippen LogP contribution < -0.4 is 5.32 Å². The SMILES string of the molecule is C[C@H](NCc1ccc(O)c(Br)c1)c1cccc(Cl)c1. The summed E-state index contributed by atoms with van der Waals surface area (Å²) < 4.78 is 0.710. The molecule has 100 valence electrons. The third kappa shape index (κ3) is 3.96. The number of phenols is 1. The summed E-state index contributed by atoms with van der Waals surface area (Å²) in [4.78, 5) is 0. The lowest BCUT2D eigenvalue weighted by Gasteiger charge is -2.15. The van der Waals surface area contributed by atoms with Crippen LogP contribution in [0.4, 0.5) is 0 Å². The highest BCUT2D eigenvalue weighted by Crippen LogP contribution is 2.24. The molecule has 0 aliphatic rings. The van der Waals surface area contributed by atoms with Crippen molar-refractivity contribution in [2.75, 3.05) is 0 Å². The third-order valence-electron chi connectivity index (χ3n) is 2.97. The van der Waals surface area contributed by atoms with Gasteiger partial charge in [0.2, 0.25) is 0 Å². The Bertz CT molecular complexity index is 574. The first-order valence-electron chi connectivity index (χ1n) is 6.02. The molecule has 2 rings (SSSR count). The van der Waals surface area contributed by atoms with Gasteiger partial charge >= 0.3 is 0 Å². The van der Waals surface area contributed by atoms with E-state index >= 15 is 0 Å². The van der Waals surface area contributed by atoms with Gasteiger partial charge in [-0.05, 0) is 58.2 Å². The van der Waals surface area contributed by atoms with Gasteiger partial charge in [0, 0.05) is 17.6 Å². The molecule has 2 N–H and O–H groups in total. The summed E-state index contributed by atoms with van der Waals surface area (Å²) in [6.07, 6.45) is 0. The fourth-order valence-corrected chi connectivity index (χ4v) is 2.45. The molecule has 0 amide bonds. The average Bonchev–Trinajstić information content (AvgIpc) is 2.40. The highest BCUT2D eigenvalue weighted by atomic mass is 79.9. The molecule has 0 saturated heterocycles. The van der Waals surface area contributed by atoms with Crippen molar-refractivity contribution in [3.8, 4) is 5.75 Å². The van der Waals surface area contributed by atoms with E-state index in [1.165, 1.54) is 0 Å². The minimum absolute atomic E-state index is 0.214. The molecule has 0 heterocycles. The zero-order valence-electron chi connectivity index (χ0n) is 10.5. The number of halogens is 2. The number of benzene rings is 2. The molecule has 4 heteroatoms. The first-order valence-corrected chi connectivity index (χ1v) is 7.19. The van der Waals surface area contributed by atoms with Gasteiger partial charge in [0.05, 0.1) is 4.47 Å². The minimum atomic E-state index is 0.214. The van der Waals surface area contributed by atoms with Gasteiger partial charge in [-0.3, -0.25) is 0 Å². The lowest BCUT2D eigenvalue weighted by Crippen LogP contribution is -2.18. The van der Waals surface area contributed by atoms with E-state index in [4.69, 9.17) is 11.6 Å². The first kappa shape index (κ1) is 14.4. The van der Waals surface area contributed by atoms with Crippen LogP contribution in [0.3, 0.4) is 0 Å². The molecule has 0 spiro atoms. The Morgan fingerprint density at radius 2 is 2.05 bits per heavy atom. The molecule has 2 aromatic carbocycles. The van der Waals surface area contributed by atoms with Gasteiger partial charge in [-0.2, -0.15) is 0 Å². The Kier molecular flexibility index (Phi) is 4.86. The molecule has 19 heavy (non-hydrogen) atoms. The van der Waals surface area contributed by atoms with E-state index in [0.717, 1.165) is 22.7 Å². The molecule has 1 atom stereocenters. The summed E-state index contributed by atoms with van der Waals surface area (Å²) in [6, 6.07) is 13.5. The molecule has 0 radical (unpaired) electrons. The van der Waals surface area contributed by atoms with Gasteiger partial charge in [0.15, 0.2) is 0 Å². The van der Waals surface area contributed by atoms with Crippen molar-refractivity contribution in [1.29, 1.82) is 0 Å². The second-order valence-corrected chi connectivity index (χ2v) is 5.73. The third-order valence-corrected chi connectivity index (χ3v) is 3.84. The Morgan fingerprint density at radius 1 is 1.26 bits per heavy atom. The maximum Gasteiger partial charge on any atom is 0.129 e. The van der Waals surface area contributed by atoms with Crippen molar-refractivity contribution >= 4 is 27.5 Å². The lowest BCUT2D eigenvalue weighted by atomic mass is 10.1. The zero-order valence-corrected chi connectivity index (χ0v) is 12.9. The summed E-state index contributed by atoms with van der Waals surface area (Å²) in [5, 5.41) is 13.6. The van der Waals surface area contributed by atoms with E-state index in [1.54, 1.807) is 6.07 Å². The van der Waals surface area contributed by atoms with E-state index in [0.29, 0.717) is 4.47 Å². The number of hydrogen-bond acceptors (Lipinski definition) is 2. The van der Waals surface area contributed by atoms with Gasteiger partial charge in [-0.15, -0.1) is 0 Å². The molecule has 0 aliphatic heterocycles. The molecule has 0 bridgehead atoms. The van der Waals surface area contributed by atoms with Gasteiger partial charge in [0.25, 0.3) is 0 Å². The maximum atomic E-state index is 9.45. The zero-order chi connectivity index (χ0) is 13.8. The Morgan fingerprint density at radius 3 is 2.74 bits per heavy atom. The molecule has 2 nitrogen and oxygen atoms in total. The molecule has 0 unspecified atom stereocenters. The van der Waals surface area contributed by atoms with Crippen LogP contribution in [0.15, 0.2) is 46.9 Å². The molecule has 0 aromatic heterocycles. The summed E-state index contributed by atoms with van der Waals surface area (Å²) in [7, 11) is 0. The first-order chi connectivity index (χ1) is 9.06. The number of rotatable bonds is 4. The van der Waals surface area contributed by atoms with Gasteiger partial charge in [-0.25, -0.2) is 0 Å². The van der Waals surface area contributed by atoms with Gasteiger partial charge < -0.3 is 10.4 Å². The van der Waals surface area contributed by atoms with Crippen LogP contribution in [0.1, 0.15) is 24.1 Å². The standard InChI is InChI=1S/C15H15BrClNO/c1-10(12-3-2-4-13(17)8-12)18-9-11-5-6-15(19)14(16)7-11/h2-8,10,18-19H,9H2,1H3/t10-/m0/s1. The molecule has 0 aliphatic carbocycles. The van der Waals surface area contributed by atoms with E-state index in [2.05, 4.69) is 34.2 Å². The Labute approximate surface area is 126 Å². The van der Waals surface area contributed by atoms with Gasteiger partial charge in [0.1, 0.15) is 5.75 Å². The van der Waals surface area contributed by atoms with E-state index < -0.39 is 0 Å².